The highest BCUT2D eigenvalue weighted by Gasteiger charge is 1.80. The molecule has 0 aromatic carbocycles. The molecule has 0 N–H and O–H groups in total. The highest BCUT2D eigenvalue weighted by Crippen LogP contribution is 2.01. The first-order valence-corrected chi connectivity index (χ1v) is 3.64. The third kappa shape index (κ3) is 4.13. The summed E-state index contributed by atoms with van der Waals surface area (Å²) in [5.41, 5.74) is 2.62. The van der Waals surface area contributed by atoms with Gasteiger partial charge < -0.3 is 0 Å². The Labute approximate surface area is 64.0 Å². The molecule has 0 nitrogen and oxygen atoms in total. The normalized spacial score (nSPS) is 14.8. The van der Waals surface area contributed by atoms with Crippen LogP contribution in [-0.4, -0.2) is 0 Å². The predicted molar refractivity (Wildman–Crippen MR) is 48.0 cm³/mol. The molecule has 0 radical (unpaired) electrons. The third-order valence-electron chi connectivity index (χ3n) is 1.34. The predicted octanol–water partition coefficient (Wildman–Crippen LogP) is 3.48. The summed E-state index contributed by atoms with van der Waals surface area (Å²) in [6.45, 7) is 8.29. The van der Waals surface area contributed by atoms with Crippen LogP contribution >= 0.6 is 0 Å². The topological polar surface area (TPSA) is 0 Å². The fraction of sp³-hybridized carbons (Fsp3) is 0.400. The van der Waals surface area contributed by atoms with Gasteiger partial charge in [-0.3, -0.25) is 0 Å². The van der Waals surface area contributed by atoms with Gasteiger partial charge in [-0.05, 0) is 27.7 Å². The highest BCUT2D eigenvalue weighted by atomic mass is 13.9. The third-order valence-corrected chi connectivity index (χ3v) is 1.34. The zero-order valence-electron chi connectivity index (χ0n) is 7.31. The lowest BCUT2D eigenvalue weighted by Crippen LogP contribution is -1.70. The van der Waals surface area contributed by atoms with Gasteiger partial charge in [0.25, 0.3) is 0 Å². The molecule has 0 saturated carbocycles. The summed E-state index contributed by atoms with van der Waals surface area (Å²) in [6.07, 6.45) is 8.43. The molecule has 0 aromatic rings. The summed E-state index contributed by atoms with van der Waals surface area (Å²) in [5.74, 6) is 0. The summed E-state index contributed by atoms with van der Waals surface area (Å²) in [4.78, 5) is 0. The van der Waals surface area contributed by atoms with E-state index >= 15 is 0 Å². The van der Waals surface area contributed by atoms with Gasteiger partial charge in [-0.15, -0.1) is 0 Å². The highest BCUT2D eigenvalue weighted by molar-refractivity contribution is 5.26. The number of allylic oxidation sites excluding steroid dienone is 6. The maximum atomic E-state index is 2.17. The maximum absolute atomic E-state index is 2.17. The van der Waals surface area contributed by atoms with Crippen molar-refractivity contribution in [3.8, 4) is 0 Å². The Balaban J connectivity index is 4.16. The van der Waals surface area contributed by atoms with Crippen LogP contribution in [0.5, 0.6) is 0 Å². The van der Waals surface area contributed by atoms with Crippen molar-refractivity contribution in [3.05, 3.63) is 35.5 Å². The minimum atomic E-state index is 1.30. The Morgan fingerprint density at radius 3 is 2.00 bits per heavy atom. The van der Waals surface area contributed by atoms with Gasteiger partial charge in [0.1, 0.15) is 0 Å². The second-order valence-electron chi connectivity index (χ2n) is 2.42. The van der Waals surface area contributed by atoms with Crippen molar-refractivity contribution in [1.29, 1.82) is 0 Å². The minimum Gasteiger partial charge on any atom is -0.0874 e. The first-order chi connectivity index (χ1) is 4.70. The zero-order chi connectivity index (χ0) is 7.98. The van der Waals surface area contributed by atoms with Gasteiger partial charge in [0.2, 0.25) is 0 Å². The Morgan fingerprint density at radius 1 is 1.00 bits per heavy atom. The van der Waals surface area contributed by atoms with Gasteiger partial charge in [0, 0.05) is 0 Å². The summed E-state index contributed by atoms with van der Waals surface area (Å²) in [6, 6.07) is 0. The van der Waals surface area contributed by atoms with Gasteiger partial charge in [-0.25, -0.2) is 0 Å². The zero-order valence-corrected chi connectivity index (χ0v) is 7.31. The van der Waals surface area contributed by atoms with Gasteiger partial charge >= 0.3 is 0 Å². The molecule has 0 heterocycles. The smallest absolute Gasteiger partial charge is 0.0398 e. The molecule has 0 unspecified atom stereocenters. The Kier molecular flexibility index (Phi) is 4.65. The monoisotopic (exact) mass is 136 g/mol. The number of hydrogen-bond donors (Lipinski definition) is 0. The molecular formula is C10H16. The van der Waals surface area contributed by atoms with Crippen LogP contribution in [0.15, 0.2) is 35.5 Å². The Hall–Kier alpha value is -0.780. The van der Waals surface area contributed by atoms with E-state index < -0.39 is 0 Å². The lowest BCUT2D eigenvalue weighted by molar-refractivity contribution is 1.41. The van der Waals surface area contributed by atoms with Crippen molar-refractivity contribution in [2.45, 2.75) is 27.7 Å². The molecule has 0 amide bonds. The molecule has 0 fully saturated rings. The minimum absolute atomic E-state index is 1.30. The van der Waals surface area contributed by atoms with Gasteiger partial charge in [0.15, 0.2) is 0 Å². The first kappa shape index (κ1) is 9.22. The molecular weight excluding hydrogens is 120 g/mol. The van der Waals surface area contributed by atoms with Crippen molar-refractivity contribution in [2.75, 3.05) is 0 Å². The average molecular weight is 136 g/mol. The van der Waals surface area contributed by atoms with E-state index in [1.165, 1.54) is 11.1 Å². The molecule has 0 aliphatic carbocycles. The quantitative estimate of drug-likeness (QED) is 0.510. The molecule has 0 aliphatic heterocycles. The van der Waals surface area contributed by atoms with E-state index in [1.54, 1.807) is 0 Å². The first-order valence-electron chi connectivity index (χ1n) is 3.64. The van der Waals surface area contributed by atoms with Crippen LogP contribution in [0.1, 0.15) is 27.7 Å². The van der Waals surface area contributed by atoms with Crippen molar-refractivity contribution in [2.24, 2.45) is 0 Å². The second-order valence-corrected chi connectivity index (χ2v) is 2.42. The molecule has 0 atom stereocenters. The lowest BCUT2D eigenvalue weighted by Gasteiger charge is -1.91. The van der Waals surface area contributed by atoms with Gasteiger partial charge in [-0.1, -0.05) is 35.5 Å². The molecule has 0 aromatic heterocycles. The van der Waals surface area contributed by atoms with Crippen LogP contribution in [0.25, 0.3) is 0 Å². The molecule has 0 bridgehead atoms. The van der Waals surface area contributed by atoms with Crippen LogP contribution in [0.3, 0.4) is 0 Å². The van der Waals surface area contributed by atoms with Gasteiger partial charge in [-0.2, -0.15) is 0 Å². The second kappa shape index (κ2) is 5.04. The number of rotatable bonds is 2. The fourth-order valence-electron chi connectivity index (χ4n) is 0.753. The van der Waals surface area contributed by atoms with E-state index in [4.69, 9.17) is 0 Å². The van der Waals surface area contributed by atoms with Crippen LogP contribution in [0, 0.1) is 0 Å². The van der Waals surface area contributed by atoms with E-state index in [0.29, 0.717) is 0 Å². The van der Waals surface area contributed by atoms with Crippen LogP contribution < -0.4 is 0 Å². The number of hydrogen-bond acceptors (Lipinski definition) is 0. The summed E-state index contributed by atoms with van der Waals surface area (Å²) in [5, 5.41) is 0. The molecule has 0 saturated heterocycles. The van der Waals surface area contributed by atoms with E-state index in [0.717, 1.165) is 0 Å². The van der Waals surface area contributed by atoms with Crippen molar-refractivity contribution < 1.29 is 0 Å². The van der Waals surface area contributed by atoms with Crippen molar-refractivity contribution >= 4 is 0 Å². The fourth-order valence-corrected chi connectivity index (χ4v) is 0.753. The Bertz CT molecular complexity index is 168. The molecule has 0 rings (SSSR count). The Morgan fingerprint density at radius 2 is 1.60 bits per heavy atom. The van der Waals surface area contributed by atoms with E-state index in [9.17, 15) is 0 Å². The van der Waals surface area contributed by atoms with E-state index in [2.05, 4.69) is 45.1 Å². The summed E-state index contributed by atoms with van der Waals surface area (Å²) < 4.78 is 0. The largest absolute Gasteiger partial charge is 0.0874 e. The standard InChI is InChI=1S/C10H16/c1-5-7-10(4)8-9(3)6-2/h5-8H,1-4H3/b7-5-,9-6-,10-8-. The summed E-state index contributed by atoms with van der Waals surface area (Å²) in [7, 11) is 0. The maximum Gasteiger partial charge on any atom is -0.0398 e. The van der Waals surface area contributed by atoms with E-state index in [1.807, 2.05) is 6.92 Å². The van der Waals surface area contributed by atoms with E-state index in [-0.39, 0.29) is 0 Å². The summed E-state index contributed by atoms with van der Waals surface area (Å²) >= 11 is 0. The van der Waals surface area contributed by atoms with Crippen molar-refractivity contribution in [3.63, 3.8) is 0 Å². The average Bonchev–Trinajstić information content (AvgIpc) is 1.88. The molecule has 56 valence electrons. The molecule has 0 aliphatic rings. The SMILES string of the molecule is C\C=C/C(C)=C\C(C)=C/C. The molecule has 0 spiro atoms. The van der Waals surface area contributed by atoms with Crippen LogP contribution in [0.4, 0.5) is 0 Å². The van der Waals surface area contributed by atoms with Gasteiger partial charge in [0.05, 0.1) is 0 Å². The van der Waals surface area contributed by atoms with Crippen LogP contribution in [-0.2, 0) is 0 Å². The molecule has 10 heavy (non-hydrogen) atoms. The van der Waals surface area contributed by atoms with Crippen LogP contribution in [0.2, 0.25) is 0 Å². The van der Waals surface area contributed by atoms with Crippen molar-refractivity contribution in [1.82, 2.24) is 0 Å². The molecule has 0 heteroatoms. The lowest BCUT2D eigenvalue weighted by atomic mass is 10.2.